The predicted molar refractivity (Wildman–Crippen MR) is 84.2 cm³/mol. The molecule has 2 aliphatic rings. The zero-order valence-electron chi connectivity index (χ0n) is 11.9. The van der Waals surface area contributed by atoms with Crippen molar-refractivity contribution in [3.8, 4) is 0 Å². The van der Waals surface area contributed by atoms with Gasteiger partial charge in [0.2, 0.25) is 0 Å². The lowest BCUT2D eigenvalue weighted by atomic mass is 9.69. The number of benzene rings is 2. The van der Waals surface area contributed by atoms with Gasteiger partial charge in [-0.05, 0) is 30.0 Å². The van der Waals surface area contributed by atoms with E-state index in [-0.39, 0.29) is 11.2 Å². The van der Waals surface area contributed by atoms with Gasteiger partial charge in [-0.2, -0.15) is 0 Å². The zero-order valence-corrected chi connectivity index (χ0v) is 11.9. The Morgan fingerprint density at radius 3 is 2.52 bits per heavy atom. The predicted octanol–water partition coefficient (Wildman–Crippen LogP) is 4.20. The fourth-order valence-corrected chi connectivity index (χ4v) is 3.78. The number of rotatable bonds is 1. The topological polar surface area (TPSA) is 29.4 Å². The van der Waals surface area contributed by atoms with Crippen molar-refractivity contribution in [2.75, 3.05) is 0 Å². The first-order valence-corrected chi connectivity index (χ1v) is 7.60. The molecule has 2 aromatic rings. The van der Waals surface area contributed by atoms with Gasteiger partial charge in [0.1, 0.15) is 0 Å². The average molecular weight is 275 g/mol. The smallest absolute Gasteiger partial charge is 0.178 e. The Hall–Kier alpha value is -2.22. The van der Waals surface area contributed by atoms with E-state index >= 15 is 0 Å². The standard InChI is InChI=1S/C19H17NO/c21-17-12-6-7-13-19(14-8-2-1-3-9-14)15-10-4-5-11-16(15)20-18(17)19/h1-5,8-11H,6-7,12-13H2/t19-/m0/s1. The van der Waals surface area contributed by atoms with Crippen molar-refractivity contribution >= 4 is 17.2 Å². The Labute approximate surface area is 124 Å². The lowest BCUT2D eigenvalue weighted by Gasteiger charge is -2.31. The van der Waals surface area contributed by atoms with Gasteiger partial charge in [-0.25, -0.2) is 4.99 Å². The summed E-state index contributed by atoms with van der Waals surface area (Å²) in [5, 5.41) is 0. The van der Waals surface area contributed by atoms with Crippen LogP contribution in [0.3, 0.4) is 0 Å². The molecule has 0 saturated heterocycles. The van der Waals surface area contributed by atoms with Gasteiger partial charge in [-0.15, -0.1) is 0 Å². The molecule has 0 N–H and O–H groups in total. The lowest BCUT2D eigenvalue weighted by molar-refractivity contribution is -0.113. The van der Waals surface area contributed by atoms with Crippen LogP contribution in [0.4, 0.5) is 5.69 Å². The maximum Gasteiger partial charge on any atom is 0.178 e. The SMILES string of the molecule is O=C1CCCC[C@@]2(c3ccccc3)C1=Nc1ccccc12. The highest BCUT2D eigenvalue weighted by molar-refractivity contribution is 6.45. The van der Waals surface area contributed by atoms with Crippen LogP contribution in [-0.4, -0.2) is 11.5 Å². The number of aliphatic imine (C=N–C) groups is 1. The molecule has 1 saturated carbocycles. The molecule has 0 radical (unpaired) electrons. The van der Waals surface area contributed by atoms with Crippen LogP contribution in [0, 0.1) is 0 Å². The van der Waals surface area contributed by atoms with Gasteiger partial charge in [-0.1, -0.05) is 55.0 Å². The highest BCUT2D eigenvalue weighted by atomic mass is 16.1. The van der Waals surface area contributed by atoms with Gasteiger partial charge >= 0.3 is 0 Å². The molecule has 1 aliphatic heterocycles. The molecule has 4 rings (SSSR count). The number of hydrogen-bond acceptors (Lipinski definition) is 2. The fraction of sp³-hybridized carbons (Fsp3) is 0.263. The number of carbonyl (C=O) groups is 1. The van der Waals surface area contributed by atoms with Crippen LogP contribution in [0.5, 0.6) is 0 Å². The summed E-state index contributed by atoms with van der Waals surface area (Å²) in [6.07, 6.45) is 3.63. The molecule has 1 atom stereocenters. The molecule has 0 bridgehead atoms. The van der Waals surface area contributed by atoms with Crippen molar-refractivity contribution < 1.29 is 4.79 Å². The van der Waals surface area contributed by atoms with E-state index in [1.807, 2.05) is 18.2 Å². The second-order valence-corrected chi connectivity index (χ2v) is 5.88. The van der Waals surface area contributed by atoms with Crippen LogP contribution < -0.4 is 0 Å². The van der Waals surface area contributed by atoms with Crippen molar-refractivity contribution in [1.29, 1.82) is 0 Å². The molecular formula is C19H17NO. The second-order valence-electron chi connectivity index (χ2n) is 5.88. The van der Waals surface area contributed by atoms with Crippen LogP contribution in [0.2, 0.25) is 0 Å². The summed E-state index contributed by atoms with van der Waals surface area (Å²) in [4.78, 5) is 17.3. The first-order chi connectivity index (χ1) is 10.3. The Balaban J connectivity index is 2.02. The molecule has 2 nitrogen and oxygen atoms in total. The van der Waals surface area contributed by atoms with E-state index in [0.29, 0.717) is 6.42 Å². The minimum Gasteiger partial charge on any atom is -0.293 e. The Kier molecular flexibility index (Phi) is 2.78. The van der Waals surface area contributed by atoms with Crippen LogP contribution in [0.25, 0.3) is 0 Å². The summed E-state index contributed by atoms with van der Waals surface area (Å²) in [5.41, 5.74) is 3.79. The van der Waals surface area contributed by atoms with E-state index in [2.05, 4.69) is 36.4 Å². The molecule has 2 aromatic carbocycles. The third kappa shape index (κ3) is 1.72. The molecule has 1 fully saturated rings. The number of nitrogens with zero attached hydrogens (tertiary/aromatic N) is 1. The van der Waals surface area contributed by atoms with E-state index in [1.54, 1.807) is 0 Å². The molecule has 1 aliphatic carbocycles. The average Bonchev–Trinajstić information content (AvgIpc) is 2.79. The van der Waals surface area contributed by atoms with E-state index in [9.17, 15) is 4.79 Å². The molecule has 2 heteroatoms. The summed E-state index contributed by atoms with van der Waals surface area (Å²) in [5.74, 6) is 0.215. The first-order valence-electron chi connectivity index (χ1n) is 7.60. The summed E-state index contributed by atoms with van der Waals surface area (Å²) in [7, 11) is 0. The largest absolute Gasteiger partial charge is 0.293 e. The van der Waals surface area contributed by atoms with Crippen LogP contribution >= 0.6 is 0 Å². The number of carbonyl (C=O) groups excluding carboxylic acids is 1. The molecule has 1 heterocycles. The zero-order chi connectivity index (χ0) is 14.3. The van der Waals surface area contributed by atoms with Gasteiger partial charge in [-0.3, -0.25) is 4.79 Å². The van der Waals surface area contributed by atoms with Crippen molar-refractivity contribution in [3.05, 3.63) is 65.7 Å². The van der Waals surface area contributed by atoms with Crippen molar-refractivity contribution in [2.24, 2.45) is 4.99 Å². The molecule has 21 heavy (non-hydrogen) atoms. The van der Waals surface area contributed by atoms with Gasteiger partial charge in [0.25, 0.3) is 0 Å². The summed E-state index contributed by atoms with van der Waals surface area (Å²) in [6, 6.07) is 18.6. The molecule has 0 spiro atoms. The summed E-state index contributed by atoms with van der Waals surface area (Å²) < 4.78 is 0. The Morgan fingerprint density at radius 1 is 0.905 bits per heavy atom. The minimum atomic E-state index is -0.328. The normalized spacial score (nSPS) is 24.0. The summed E-state index contributed by atoms with van der Waals surface area (Å²) >= 11 is 0. The van der Waals surface area contributed by atoms with Crippen molar-refractivity contribution in [3.63, 3.8) is 0 Å². The van der Waals surface area contributed by atoms with E-state index in [4.69, 9.17) is 4.99 Å². The third-order valence-electron chi connectivity index (χ3n) is 4.74. The monoisotopic (exact) mass is 275 g/mol. The van der Waals surface area contributed by atoms with Crippen molar-refractivity contribution in [2.45, 2.75) is 31.1 Å². The third-order valence-corrected chi connectivity index (χ3v) is 4.74. The fourth-order valence-electron chi connectivity index (χ4n) is 3.78. The van der Waals surface area contributed by atoms with Gasteiger partial charge < -0.3 is 0 Å². The number of hydrogen-bond donors (Lipinski definition) is 0. The molecule has 104 valence electrons. The molecule has 0 amide bonds. The van der Waals surface area contributed by atoms with E-state index in [0.717, 1.165) is 30.7 Å². The molecular weight excluding hydrogens is 258 g/mol. The van der Waals surface area contributed by atoms with Gasteiger partial charge in [0.15, 0.2) is 5.78 Å². The maximum atomic E-state index is 12.6. The van der Waals surface area contributed by atoms with Crippen LogP contribution in [0.1, 0.15) is 36.8 Å². The lowest BCUT2D eigenvalue weighted by Crippen LogP contribution is -2.37. The Morgan fingerprint density at radius 2 is 1.67 bits per heavy atom. The first kappa shape index (κ1) is 12.5. The highest BCUT2D eigenvalue weighted by Gasteiger charge is 2.47. The van der Waals surface area contributed by atoms with Crippen molar-refractivity contribution in [1.82, 2.24) is 0 Å². The quantitative estimate of drug-likeness (QED) is 0.767. The minimum absolute atomic E-state index is 0.215. The number of ketones is 1. The van der Waals surface area contributed by atoms with Crippen LogP contribution in [0.15, 0.2) is 59.6 Å². The summed E-state index contributed by atoms with van der Waals surface area (Å²) in [6.45, 7) is 0. The second kappa shape index (κ2) is 4.66. The number of Topliss-reactive ketones (excluding diaryl/α,β-unsaturated/α-hetero) is 1. The van der Waals surface area contributed by atoms with Gasteiger partial charge in [0.05, 0.1) is 16.8 Å². The highest BCUT2D eigenvalue weighted by Crippen LogP contribution is 2.49. The molecule has 0 aromatic heterocycles. The molecule has 0 unspecified atom stereocenters. The maximum absolute atomic E-state index is 12.6. The Bertz CT molecular complexity index is 732. The van der Waals surface area contributed by atoms with E-state index < -0.39 is 0 Å². The van der Waals surface area contributed by atoms with Crippen LogP contribution in [-0.2, 0) is 10.2 Å². The number of fused-ring (bicyclic) bond motifs is 3. The van der Waals surface area contributed by atoms with Gasteiger partial charge in [0, 0.05) is 6.42 Å². The van der Waals surface area contributed by atoms with E-state index in [1.165, 1.54) is 11.1 Å². The number of para-hydroxylation sites is 1.